The van der Waals surface area contributed by atoms with Crippen LogP contribution in [0.1, 0.15) is 30.5 Å². The maximum Gasteiger partial charge on any atom is 0.174 e. The molecule has 2 aromatic heterocycles. The number of halogens is 2. The molecule has 2 atom stereocenters. The predicted molar refractivity (Wildman–Crippen MR) is 140 cm³/mol. The van der Waals surface area contributed by atoms with Crippen LogP contribution < -0.4 is 15.0 Å². The molecule has 1 aliphatic heterocycles. The molecule has 0 amide bonds. The first-order chi connectivity index (χ1) is 16.5. The van der Waals surface area contributed by atoms with Crippen LogP contribution in [0.5, 0.6) is 5.75 Å². The molecule has 4 aromatic rings. The normalized spacial score (nSPS) is 17.6. The molecule has 34 heavy (non-hydrogen) atoms. The molecule has 172 valence electrons. The predicted octanol–water partition coefficient (Wildman–Crippen LogP) is 7.22. The first-order valence-electron chi connectivity index (χ1n) is 10.8. The number of rotatable bonds is 6. The Morgan fingerprint density at radius 2 is 1.88 bits per heavy atom. The second kappa shape index (κ2) is 9.66. The number of thiocarbonyl (C=S) groups is 1. The van der Waals surface area contributed by atoms with Crippen molar-refractivity contribution in [2.75, 3.05) is 11.5 Å². The zero-order valence-corrected chi connectivity index (χ0v) is 20.6. The summed E-state index contributed by atoms with van der Waals surface area (Å²) in [4.78, 5) is 6.63. The highest BCUT2D eigenvalue weighted by Gasteiger charge is 2.42. The van der Waals surface area contributed by atoms with Gasteiger partial charge in [0, 0.05) is 22.5 Å². The summed E-state index contributed by atoms with van der Waals surface area (Å²) in [5.41, 5.74) is 2.56. The number of nitrogens with zero attached hydrogens (tertiary/aromatic N) is 2. The van der Waals surface area contributed by atoms with E-state index >= 15 is 0 Å². The van der Waals surface area contributed by atoms with Crippen LogP contribution in [0.25, 0.3) is 11.3 Å². The lowest BCUT2D eigenvalue weighted by Crippen LogP contribution is -2.29. The van der Waals surface area contributed by atoms with Crippen LogP contribution in [0.2, 0.25) is 10.0 Å². The SMILES string of the molecule is CCOc1ccc(N2C(=S)N[C@H](c3ccccn3)[C@H]2c2ccc(-c3ccc(Cl)cc3Cl)o2)cc1. The largest absolute Gasteiger partial charge is 0.494 e. The molecular weight excluding hydrogens is 489 g/mol. The van der Waals surface area contributed by atoms with Gasteiger partial charge in [-0.15, -0.1) is 0 Å². The van der Waals surface area contributed by atoms with Crippen molar-refractivity contribution >= 4 is 46.2 Å². The van der Waals surface area contributed by atoms with Crippen molar-refractivity contribution < 1.29 is 9.15 Å². The van der Waals surface area contributed by atoms with Gasteiger partial charge in [-0.25, -0.2) is 0 Å². The van der Waals surface area contributed by atoms with Gasteiger partial charge in [-0.1, -0.05) is 29.3 Å². The Labute approximate surface area is 213 Å². The smallest absolute Gasteiger partial charge is 0.174 e. The molecule has 0 saturated carbocycles. The van der Waals surface area contributed by atoms with E-state index in [2.05, 4.69) is 15.2 Å². The van der Waals surface area contributed by atoms with Crippen LogP contribution in [0.3, 0.4) is 0 Å². The fourth-order valence-electron chi connectivity index (χ4n) is 4.14. The molecule has 0 spiro atoms. The summed E-state index contributed by atoms with van der Waals surface area (Å²) >= 11 is 18.3. The van der Waals surface area contributed by atoms with Crippen LogP contribution in [0.4, 0.5) is 5.69 Å². The van der Waals surface area contributed by atoms with Gasteiger partial charge >= 0.3 is 0 Å². The van der Waals surface area contributed by atoms with Crippen molar-refractivity contribution in [1.29, 1.82) is 0 Å². The summed E-state index contributed by atoms with van der Waals surface area (Å²) in [5, 5.41) is 5.12. The molecule has 1 fully saturated rings. The van der Waals surface area contributed by atoms with Gasteiger partial charge in [0.2, 0.25) is 0 Å². The second-order valence-electron chi connectivity index (χ2n) is 7.75. The zero-order chi connectivity index (χ0) is 23.7. The second-order valence-corrected chi connectivity index (χ2v) is 8.98. The molecule has 0 aliphatic carbocycles. The molecule has 5 rings (SSSR count). The van der Waals surface area contributed by atoms with E-state index in [-0.39, 0.29) is 12.1 Å². The molecule has 5 nitrogen and oxygen atoms in total. The van der Waals surface area contributed by atoms with E-state index in [0.29, 0.717) is 27.5 Å². The quantitative estimate of drug-likeness (QED) is 0.276. The van der Waals surface area contributed by atoms with Crippen molar-refractivity contribution in [3.05, 3.63) is 100 Å². The van der Waals surface area contributed by atoms with Gasteiger partial charge in [0.25, 0.3) is 0 Å². The average molecular weight is 510 g/mol. The van der Waals surface area contributed by atoms with Crippen LogP contribution in [-0.4, -0.2) is 16.7 Å². The minimum atomic E-state index is -0.264. The molecule has 2 aromatic carbocycles. The van der Waals surface area contributed by atoms with E-state index in [1.165, 1.54) is 0 Å². The Kier molecular flexibility index (Phi) is 6.46. The van der Waals surface area contributed by atoms with Gasteiger partial charge in [0.1, 0.15) is 23.3 Å². The van der Waals surface area contributed by atoms with Crippen LogP contribution in [0, 0.1) is 0 Å². The third-order valence-corrected chi connectivity index (χ3v) is 6.50. The highest BCUT2D eigenvalue weighted by atomic mass is 35.5. The number of furan rings is 1. The van der Waals surface area contributed by atoms with Crippen molar-refractivity contribution in [2.24, 2.45) is 0 Å². The zero-order valence-electron chi connectivity index (χ0n) is 18.2. The maximum absolute atomic E-state index is 6.44. The molecule has 1 aliphatic rings. The summed E-state index contributed by atoms with van der Waals surface area (Å²) < 4.78 is 12.0. The van der Waals surface area contributed by atoms with E-state index < -0.39 is 0 Å². The number of benzene rings is 2. The van der Waals surface area contributed by atoms with Crippen LogP contribution >= 0.6 is 35.4 Å². The van der Waals surface area contributed by atoms with Crippen molar-refractivity contribution in [3.8, 4) is 17.1 Å². The Bertz CT molecular complexity index is 1310. The van der Waals surface area contributed by atoms with Crippen LogP contribution in [-0.2, 0) is 0 Å². The Morgan fingerprint density at radius 3 is 2.59 bits per heavy atom. The molecular formula is C26H21Cl2N3O2S. The number of hydrogen-bond donors (Lipinski definition) is 1. The lowest BCUT2D eigenvalue weighted by Gasteiger charge is -2.26. The van der Waals surface area contributed by atoms with Gasteiger partial charge in [0.15, 0.2) is 5.11 Å². The molecule has 1 saturated heterocycles. The van der Waals surface area contributed by atoms with E-state index in [4.69, 9.17) is 44.6 Å². The molecule has 0 bridgehead atoms. The number of hydrogen-bond acceptors (Lipinski definition) is 4. The Hall–Kier alpha value is -3.06. The minimum Gasteiger partial charge on any atom is -0.494 e. The van der Waals surface area contributed by atoms with Gasteiger partial charge in [-0.05, 0) is 85.9 Å². The number of pyridine rings is 1. The minimum absolute atomic E-state index is 0.208. The van der Waals surface area contributed by atoms with Crippen molar-refractivity contribution in [3.63, 3.8) is 0 Å². The van der Waals surface area contributed by atoms with Gasteiger partial charge < -0.3 is 19.4 Å². The number of anilines is 1. The molecule has 3 heterocycles. The van der Waals surface area contributed by atoms with Gasteiger partial charge in [0.05, 0.1) is 23.4 Å². The summed E-state index contributed by atoms with van der Waals surface area (Å²) in [6, 6.07) is 22.4. The average Bonchev–Trinajstić information content (AvgIpc) is 3.45. The monoisotopic (exact) mass is 509 g/mol. The number of aromatic nitrogens is 1. The first-order valence-corrected chi connectivity index (χ1v) is 12.0. The topological polar surface area (TPSA) is 50.5 Å². The first kappa shape index (κ1) is 22.7. The Balaban J connectivity index is 1.57. The van der Waals surface area contributed by atoms with Gasteiger partial charge in [-0.3, -0.25) is 4.98 Å². The van der Waals surface area contributed by atoms with E-state index in [1.807, 2.05) is 67.6 Å². The van der Waals surface area contributed by atoms with Crippen molar-refractivity contribution in [1.82, 2.24) is 10.3 Å². The fourth-order valence-corrected chi connectivity index (χ4v) is 4.98. The fraction of sp³-hybridized carbons (Fsp3) is 0.154. The number of ether oxygens (including phenoxy) is 1. The maximum atomic E-state index is 6.44. The van der Waals surface area contributed by atoms with E-state index in [1.54, 1.807) is 18.3 Å². The summed E-state index contributed by atoms with van der Waals surface area (Å²) in [6.07, 6.45) is 1.78. The Morgan fingerprint density at radius 1 is 1.06 bits per heavy atom. The molecule has 8 heteroatoms. The number of nitrogens with one attached hydrogen (secondary N) is 1. The van der Waals surface area contributed by atoms with Crippen LogP contribution in [0.15, 0.2) is 83.4 Å². The molecule has 1 N–H and O–H groups in total. The molecule has 0 unspecified atom stereocenters. The molecule has 0 radical (unpaired) electrons. The lowest BCUT2D eigenvalue weighted by molar-refractivity contribution is 0.340. The highest BCUT2D eigenvalue weighted by Crippen LogP contribution is 2.43. The van der Waals surface area contributed by atoms with Gasteiger partial charge in [-0.2, -0.15) is 0 Å². The third kappa shape index (κ3) is 4.37. The van der Waals surface area contributed by atoms with E-state index in [9.17, 15) is 0 Å². The standard InChI is InChI=1S/C26H21Cl2N3O2S/c1-2-32-18-9-7-17(8-10-18)31-25(24(30-26(31)34)21-5-3-4-14-29-21)23-13-12-22(33-23)19-11-6-16(27)15-20(19)28/h3-15,24-25H,2H2,1H3,(H,30,34)/t24-,25-/m1/s1. The third-order valence-electron chi connectivity index (χ3n) is 5.64. The highest BCUT2D eigenvalue weighted by molar-refractivity contribution is 7.80. The lowest BCUT2D eigenvalue weighted by atomic mass is 10.0. The van der Waals surface area contributed by atoms with Crippen molar-refractivity contribution in [2.45, 2.75) is 19.0 Å². The summed E-state index contributed by atoms with van der Waals surface area (Å²) in [7, 11) is 0. The summed E-state index contributed by atoms with van der Waals surface area (Å²) in [5.74, 6) is 2.19. The summed E-state index contributed by atoms with van der Waals surface area (Å²) in [6.45, 7) is 2.57. The van der Waals surface area contributed by atoms with E-state index in [0.717, 1.165) is 28.5 Å².